The first-order valence-corrected chi connectivity index (χ1v) is 6.05. The lowest BCUT2D eigenvalue weighted by Crippen LogP contribution is -1.89. The molecule has 0 atom stereocenters. The first-order chi connectivity index (χ1) is 8.49. The van der Waals surface area contributed by atoms with Crippen molar-refractivity contribution in [3.8, 4) is 16.9 Å². The summed E-state index contributed by atoms with van der Waals surface area (Å²) in [5, 5.41) is 9.65. The van der Waals surface area contributed by atoms with Gasteiger partial charge in [-0.15, -0.1) is 0 Å². The van der Waals surface area contributed by atoms with Crippen LogP contribution in [0, 0.1) is 13.8 Å². The number of phenols is 1. The fourth-order valence-corrected chi connectivity index (χ4v) is 2.08. The second-order valence-corrected chi connectivity index (χ2v) is 4.81. The Kier molecular flexibility index (Phi) is 3.24. The normalized spacial score (nSPS) is 10.4. The van der Waals surface area contributed by atoms with Crippen molar-refractivity contribution in [3.63, 3.8) is 0 Å². The summed E-state index contributed by atoms with van der Waals surface area (Å²) in [6.07, 6.45) is 0. The van der Waals surface area contributed by atoms with Crippen LogP contribution in [0.1, 0.15) is 23.6 Å². The highest BCUT2D eigenvalue weighted by molar-refractivity contribution is 5.76. The third-order valence-corrected chi connectivity index (χ3v) is 3.24. The molecule has 0 unspecified atom stereocenters. The van der Waals surface area contributed by atoms with E-state index in [1.165, 1.54) is 5.56 Å². The number of phenolic OH excluding ortho intramolecular Hbond substituents is 1. The summed E-state index contributed by atoms with van der Waals surface area (Å²) in [4.78, 5) is 0. The van der Waals surface area contributed by atoms with E-state index >= 15 is 0 Å². The minimum Gasteiger partial charge on any atom is -0.508 e. The van der Waals surface area contributed by atoms with Crippen molar-refractivity contribution in [1.82, 2.24) is 0 Å². The molecular weight excluding hydrogens is 220 g/mol. The summed E-state index contributed by atoms with van der Waals surface area (Å²) >= 11 is 0. The maximum atomic E-state index is 9.65. The van der Waals surface area contributed by atoms with Crippen LogP contribution in [0.4, 0.5) is 0 Å². The number of aryl methyl sites for hydroxylation is 2. The fraction of sp³-hybridized carbons (Fsp3) is 0.176. The van der Waals surface area contributed by atoms with E-state index in [9.17, 15) is 5.11 Å². The number of allylic oxidation sites excluding steroid dienone is 1. The molecule has 0 spiro atoms. The van der Waals surface area contributed by atoms with Crippen LogP contribution in [0.15, 0.2) is 43.0 Å². The third-order valence-electron chi connectivity index (χ3n) is 3.24. The molecule has 92 valence electrons. The second-order valence-electron chi connectivity index (χ2n) is 4.81. The molecular formula is C17H18O. The molecule has 0 aliphatic rings. The van der Waals surface area contributed by atoms with Gasteiger partial charge in [0.05, 0.1) is 0 Å². The lowest BCUT2D eigenvalue weighted by molar-refractivity contribution is 0.475. The molecule has 1 nitrogen and oxygen atoms in total. The molecule has 2 aromatic carbocycles. The van der Waals surface area contributed by atoms with E-state index in [0.29, 0.717) is 5.75 Å². The van der Waals surface area contributed by atoms with Gasteiger partial charge < -0.3 is 5.11 Å². The van der Waals surface area contributed by atoms with Crippen LogP contribution >= 0.6 is 0 Å². The summed E-state index contributed by atoms with van der Waals surface area (Å²) in [6.45, 7) is 10.1. The van der Waals surface area contributed by atoms with Crippen molar-refractivity contribution in [1.29, 1.82) is 0 Å². The van der Waals surface area contributed by atoms with E-state index < -0.39 is 0 Å². The van der Waals surface area contributed by atoms with Gasteiger partial charge in [-0.2, -0.15) is 0 Å². The van der Waals surface area contributed by atoms with Crippen LogP contribution < -0.4 is 0 Å². The first-order valence-electron chi connectivity index (χ1n) is 6.05. The van der Waals surface area contributed by atoms with E-state index in [1.807, 2.05) is 19.1 Å². The van der Waals surface area contributed by atoms with Gasteiger partial charge in [-0.1, -0.05) is 30.4 Å². The molecule has 0 saturated carbocycles. The van der Waals surface area contributed by atoms with Crippen LogP contribution in [0.2, 0.25) is 0 Å². The molecule has 0 aliphatic heterocycles. The predicted octanol–water partition coefficient (Wildman–Crippen LogP) is 4.71. The topological polar surface area (TPSA) is 20.2 Å². The van der Waals surface area contributed by atoms with Crippen LogP contribution in [0.5, 0.6) is 5.75 Å². The van der Waals surface area contributed by atoms with Crippen LogP contribution in [0.25, 0.3) is 16.7 Å². The largest absolute Gasteiger partial charge is 0.508 e. The lowest BCUT2D eigenvalue weighted by atomic mass is 9.93. The summed E-state index contributed by atoms with van der Waals surface area (Å²) in [7, 11) is 0. The van der Waals surface area contributed by atoms with E-state index in [1.54, 1.807) is 6.07 Å². The van der Waals surface area contributed by atoms with E-state index in [0.717, 1.165) is 27.8 Å². The molecule has 18 heavy (non-hydrogen) atoms. The molecule has 0 aromatic heterocycles. The van der Waals surface area contributed by atoms with Crippen LogP contribution in [-0.2, 0) is 0 Å². The molecule has 0 aliphatic carbocycles. The molecule has 1 heteroatoms. The Morgan fingerprint density at radius 2 is 1.50 bits per heavy atom. The van der Waals surface area contributed by atoms with Crippen molar-refractivity contribution < 1.29 is 5.11 Å². The Labute approximate surface area is 108 Å². The van der Waals surface area contributed by atoms with Gasteiger partial charge in [0, 0.05) is 0 Å². The van der Waals surface area contributed by atoms with Gasteiger partial charge in [0.25, 0.3) is 0 Å². The molecule has 0 bridgehead atoms. The van der Waals surface area contributed by atoms with Crippen LogP contribution in [0.3, 0.4) is 0 Å². The van der Waals surface area contributed by atoms with Gasteiger partial charge in [-0.25, -0.2) is 0 Å². The predicted molar refractivity (Wildman–Crippen MR) is 77.7 cm³/mol. The SMILES string of the molecule is C=C(C)c1ccc(C)c(-c2cc(O)ccc2C)c1. The third kappa shape index (κ3) is 2.30. The van der Waals surface area contributed by atoms with Gasteiger partial charge in [0.15, 0.2) is 0 Å². The smallest absolute Gasteiger partial charge is 0.116 e. The van der Waals surface area contributed by atoms with E-state index in [2.05, 4.69) is 38.6 Å². The standard InChI is InChI=1S/C17H18O/c1-11(2)14-7-5-12(3)16(9-14)17-10-15(18)8-6-13(17)4/h5-10,18H,1H2,2-4H3. The molecule has 2 aromatic rings. The highest BCUT2D eigenvalue weighted by Gasteiger charge is 2.07. The zero-order valence-corrected chi connectivity index (χ0v) is 11.1. The van der Waals surface area contributed by atoms with Gasteiger partial charge >= 0.3 is 0 Å². The molecule has 0 fully saturated rings. The minimum atomic E-state index is 0.302. The highest BCUT2D eigenvalue weighted by atomic mass is 16.3. The highest BCUT2D eigenvalue weighted by Crippen LogP contribution is 2.31. The Morgan fingerprint density at radius 3 is 2.11 bits per heavy atom. The monoisotopic (exact) mass is 238 g/mol. The maximum Gasteiger partial charge on any atom is 0.116 e. The minimum absolute atomic E-state index is 0.302. The van der Waals surface area contributed by atoms with Crippen molar-refractivity contribution in [2.45, 2.75) is 20.8 Å². The molecule has 2 rings (SSSR count). The number of aromatic hydroxyl groups is 1. The van der Waals surface area contributed by atoms with Crippen molar-refractivity contribution in [2.75, 3.05) is 0 Å². The Bertz CT molecular complexity index is 609. The first kappa shape index (κ1) is 12.4. The maximum absolute atomic E-state index is 9.65. The number of hydrogen-bond acceptors (Lipinski definition) is 1. The van der Waals surface area contributed by atoms with Crippen molar-refractivity contribution in [2.24, 2.45) is 0 Å². The van der Waals surface area contributed by atoms with E-state index in [4.69, 9.17) is 0 Å². The molecule has 0 amide bonds. The van der Waals surface area contributed by atoms with Crippen molar-refractivity contribution >= 4 is 5.57 Å². The average molecular weight is 238 g/mol. The Hall–Kier alpha value is -2.02. The molecule has 0 heterocycles. The summed E-state index contributed by atoms with van der Waals surface area (Å²) in [5.41, 5.74) is 6.79. The summed E-state index contributed by atoms with van der Waals surface area (Å²) < 4.78 is 0. The quantitative estimate of drug-likeness (QED) is 0.803. The molecule has 0 radical (unpaired) electrons. The van der Waals surface area contributed by atoms with Gasteiger partial charge in [0.2, 0.25) is 0 Å². The van der Waals surface area contributed by atoms with Crippen molar-refractivity contribution in [3.05, 3.63) is 59.7 Å². The fourth-order valence-electron chi connectivity index (χ4n) is 2.08. The Morgan fingerprint density at radius 1 is 0.944 bits per heavy atom. The van der Waals surface area contributed by atoms with Crippen LogP contribution in [-0.4, -0.2) is 5.11 Å². The van der Waals surface area contributed by atoms with Gasteiger partial charge in [0.1, 0.15) is 5.75 Å². The van der Waals surface area contributed by atoms with Gasteiger partial charge in [-0.3, -0.25) is 0 Å². The number of hydrogen-bond donors (Lipinski definition) is 1. The zero-order chi connectivity index (χ0) is 13.3. The number of benzene rings is 2. The summed E-state index contributed by atoms with van der Waals surface area (Å²) in [6, 6.07) is 11.8. The zero-order valence-electron chi connectivity index (χ0n) is 11.1. The Balaban J connectivity index is 2.66. The number of rotatable bonds is 2. The van der Waals surface area contributed by atoms with Gasteiger partial charge in [-0.05, 0) is 66.8 Å². The average Bonchev–Trinajstić information content (AvgIpc) is 2.33. The summed E-state index contributed by atoms with van der Waals surface area (Å²) in [5.74, 6) is 0.302. The molecule has 1 N–H and O–H groups in total. The molecule has 0 saturated heterocycles. The second kappa shape index (κ2) is 4.69. The lowest BCUT2D eigenvalue weighted by Gasteiger charge is -2.12. The van der Waals surface area contributed by atoms with E-state index in [-0.39, 0.29) is 0 Å².